The molecule has 0 N–H and O–H groups in total. The molecule has 1 fully saturated rings. The molecule has 1 aliphatic carbocycles. The average molecular weight is 328 g/mol. The Morgan fingerprint density at radius 1 is 1.20 bits per heavy atom. The van der Waals surface area contributed by atoms with Gasteiger partial charge in [-0.1, -0.05) is 35.4 Å². The normalized spacial score (nSPS) is 29.0. The quantitative estimate of drug-likeness (QED) is 0.554. The summed E-state index contributed by atoms with van der Waals surface area (Å²) in [6, 6.07) is 0. The van der Waals surface area contributed by atoms with E-state index in [4.69, 9.17) is 14.2 Å². The summed E-state index contributed by atoms with van der Waals surface area (Å²) in [4.78, 5) is 0. The molecule has 0 aromatic heterocycles. The van der Waals surface area contributed by atoms with Gasteiger partial charge >= 0.3 is 0 Å². The van der Waals surface area contributed by atoms with E-state index in [1.165, 1.54) is 25.7 Å². The molecule has 3 nitrogen and oxygen atoms in total. The minimum atomic E-state index is 0.0699. The fourth-order valence-corrected chi connectivity index (χ4v) is 2.85. The van der Waals surface area contributed by atoms with Gasteiger partial charge in [0.1, 0.15) is 6.10 Å². The number of ether oxygens (including phenoxy) is 3. The Labute approximate surface area is 106 Å². The number of hydrogen-bond donors (Lipinski definition) is 0. The van der Waals surface area contributed by atoms with Gasteiger partial charge in [0.05, 0.1) is 19.3 Å². The van der Waals surface area contributed by atoms with Crippen LogP contribution in [0.2, 0.25) is 0 Å². The van der Waals surface area contributed by atoms with Gasteiger partial charge < -0.3 is 14.2 Å². The lowest BCUT2D eigenvalue weighted by Gasteiger charge is -2.28. The first-order valence-electron chi connectivity index (χ1n) is 5.55. The Morgan fingerprint density at radius 3 is 2.53 bits per heavy atom. The fourth-order valence-electron chi connectivity index (χ4n) is 1.84. The van der Waals surface area contributed by atoms with E-state index < -0.39 is 0 Å². The van der Waals surface area contributed by atoms with Crippen molar-refractivity contribution in [2.45, 2.75) is 41.8 Å². The lowest BCUT2D eigenvalue weighted by atomic mass is 9.98. The molecule has 90 valence electrons. The zero-order chi connectivity index (χ0) is 11.1. The van der Waals surface area contributed by atoms with Crippen molar-refractivity contribution < 1.29 is 14.2 Å². The highest BCUT2D eigenvalue weighted by atomic mass is 127. The summed E-state index contributed by atoms with van der Waals surface area (Å²) in [7, 11) is 3.39. The van der Waals surface area contributed by atoms with Crippen LogP contribution in [0.5, 0.6) is 0 Å². The molecular formula is C11H21IO3. The summed E-state index contributed by atoms with van der Waals surface area (Å²) in [5.41, 5.74) is 0. The lowest BCUT2D eigenvalue weighted by molar-refractivity contribution is -0.0590. The molecule has 0 aromatic carbocycles. The second kappa shape index (κ2) is 7.81. The van der Waals surface area contributed by atoms with Gasteiger partial charge in [-0.2, -0.15) is 0 Å². The highest BCUT2D eigenvalue weighted by Crippen LogP contribution is 2.27. The molecule has 1 rings (SSSR count). The van der Waals surface area contributed by atoms with Crippen LogP contribution in [0.3, 0.4) is 0 Å². The smallest absolute Gasteiger partial charge is 0.104 e. The Kier molecular flexibility index (Phi) is 7.12. The van der Waals surface area contributed by atoms with Gasteiger partial charge in [-0.25, -0.2) is 0 Å². The van der Waals surface area contributed by atoms with Crippen molar-refractivity contribution in [3.8, 4) is 0 Å². The first kappa shape index (κ1) is 13.7. The molecule has 3 unspecified atom stereocenters. The zero-order valence-electron chi connectivity index (χ0n) is 9.58. The van der Waals surface area contributed by atoms with Crippen molar-refractivity contribution in [2.24, 2.45) is 0 Å². The topological polar surface area (TPSA) is 27.7 Å². The molecule has 4 heteroatoms. The predicted molar refractivity (Wildman–Crippen MR) is 68.7 cm³/mol. The van der Waals surface area contributed by atoms with Crippen LogP contribution in [0.4, 0.5) is 0 Å². The van der Waals surface area contributed by atoms with Crippen molar-refractivity contribution in [1.29, 1.82) is 0 Å². The lowest BCUT2D eigenvalue weighted by Crippen LogP contribution is -2.33. The van der Waals surface area contributed by atoms with Crippen molar-refractivity contribution >= 4 is 22.6 Å². The van der Waals surface area contributed by atoms with Crippen LogP contribution in [-0.2, 0) is 14.2 Å². The summed E-state index contributed by atoms with van der Waals surface area (Å²) in [5.74, 6) is 0. The highest BCUT2D eigenvalue weighted by molar-refractivity contribution is 14.1. The molecule has 0 aromatic rings. The third kappa shape index (κ3) is 4.97. The van der Waals surface area contributed by atoms with E-state index in [1.807, 2.05) is 0 Å². The van der Waals surface area contributed by atoms with Gasteiger partial charge in [0.2, 0.25) is 0 Å². The molecule has 0 amide bonds. The molecule has 3 atom stereocenters. The Morgan fingerprint density at radius 2 is 1.93 bits per heavy atom. The molecule has 0 aliphatic heterocycles. The predicted octanol–water partition coefficient (Wildman–Crippen LogP) is 2.41. The third-order valence-electron chi connectivity index (χ3n) is 2.80. The van der Waals surface area contributed by atoms with Gasteiger partial charge in [-0.05, 0) is 12.8 Å². The summed E-state index contributed by atoms with van der Waals surface area (Å²) in [5, 5.41) is 0. The molecule has 0 radical (unpaired) electrons. The molecule has 15 heavy (non-hydrogen) atoms. The summed E-state index contributed by atoms with van der Waals surface area (Å²) >= 11 is 2.50. The fraction of sp³-hybridized carbons (Fsp3) is 1.00. The van der Waals surface area contributed by atoms with Crippen LogP contribution in [0.15, 0.2) is 0 Å². The van der Waals surface area contributed by atoms with Crippen LogP contribution in [0.1, 0.15) is 25.7 Å². The third-order valence-corrected chi connectivity index (χ3v) is 4.23. The van der Waals surface area contributed by atoms with Crippen molar-refractivity contribution in [3.05, 3.63) is 0 Å². The molecule has 0 saturated heterocycles. The largest absolute Gasteiger partial charge is 0.382 e. The van der Waals surface area contributed by atoms with Crippen LogP contribution in [0.25, 0.3) is 0 Å². The van der Waals surface area contributed by atoms with E-state index in [-0.39, 0.29) is 6.10 Å². The first-order valence-corrected chi connectivity index (χ1v) is 6.80. The van der Waals surface area contributed by atoms with Gasteiger partial charge in [0.15, 0.2) is 0 Å². The minimum absolute atomic E-state index is 0.0699. The van der Waals surface area contributed by atoms with Gasteiger partial charge in [0.25, 0.3) is 0 Å². The first-order chi connectivity index (χ1) is 7.27. The van der Waals surface area contributed by atoms with E-state index in [1.54, 1.807) is 14.2 Å². The Balaban J connectivity index is 2.21. The number of methoxy groups -OCH3 is 2. The number of halogens is 1. The van der Waals surface area contributed by atoms with E-state index in [0.29, 0.717) is 23.2 Å². The Hall–Kier alpha value is 0.610. The molecular weight excluding hydrogens is 307 g/mol. The number of rotatable bonds is 6. The van der Waals surface area contributed by atoms with Crippen LogP contribution in [0, 0.1) is 0 Å². The van der Waals surface area contributed by atoms with Crippen molar-refractivity contribution in [2.75, 3.05) is 27.4 Å². The van der Waals surface area contributed by atoms with E-state index in [2.05, 4.69) is 22.6 Å². The monoisotopic (exact) mass is 328 g/mol. The summed E-state index contributed by atoms with van der Waals surface area (Å²) in [6.45, 7) is 1.25. The molecule has 1 aliphatic rings. The minimum Gasteiger partial charge on any atom is -0.382 e. The van der Waals surface area contributed by atoms with Crippen LogP contribution < -0.4 is 0 Å². The Bertz CT molecular complexity index is 166. The van der Waals surface area contributed by atoms with E-state index in [0.717, 1.165) is 0 Å². The second-order valence-electron chi connectivity index (χ2n) is 3.99. The maximum atomic E-state index is 5.89. The standard InChI is InChI=1S/C11H21IO3/c1-13-7-9(14-2)8-15-11-6-4-3-5-10(11)12/h9-11H,3-8H2,1-2H3. The van der Waals surface area contributed by atoms with E-state index >= 15 is 0 Å². The van der Waals surface area contributed by atoms with E-state index in [9.17, 15) is 0 Å². The van der Waals surface area contributed by atoms with Crippen molar-refractivity contribution in [3.63, 3.8) is 0 Å². The number of hydrogen-bond acceptors (Lipinski definition) is 3. The zero-order valence-corrected chi connectivity index (χ0v) is 11.7. The SMILES string of the molecule is COCC(COC1CCCCC1I)OC. The molecule has 0 spiro atoms. The van der Waals surface area contributed by atoms with Crippen molar-refractivity contribution in [1.82, 2.24) is 0 Å². The summed E-state index contributed by atoms with van der Waals surface area (Å²) < 4.78 is 16.9. The van der Waals surface area contributed by atoms with Gasteiger partial charge in [0, 0.05) is 18.1 Å². The average Bonchev–Trinajstić information content (AvgIpc) is 2.26. The van der Waals surface area contributed by atoms with Crippen LogP contribution in [-0.4, -0.2) is 43.6 Å². The maximum Gasteiger partial charge on any atom is 0.104 e. The molecule has 0 heterocycles. The summed E-state index contributed by atoms with van der Waals surface area (Å²) in [6.07, 6.45) is 5.60. The van der Waals surface area contributed by atoms with Crippen LogP contribution >= 0.6 is 22.6 Å². The number of alkyl halides is 1. The highest BCUT2D eigenvalue weighted by Gasteiger charge is 2.24. The molecule has 0 bridgehead atoms. The van der Waals surface area contributed by atoms with Gasteiger partial charge in [-0.15, -0.1) is 0 Å². The maximum absolute atomic E-state index is 5.89. The van der Waals surface area contributed by atoms with Gasteiger partial charge in [-0.3, -0.25) is 0 Å². The second-order valence-corrected chi connectivity index (χ2v) is 5.59. The molecule has 1 saturated carbocycles.